The molecule has 0 aliphatic rings. The Hall–Kier alpha value is -2.34. The number of benzene rings is 2. The Morgan fingerprint density at radius 2 is 1.70 bits per heavy atom. The van der Waals surface area contributed by atoms with Gasteiger partial charge in [-0.25, -0.2) is 4.98 Å². The maximum atomic E-state index is 12.4. The lowest BCUT2D eigenvalue weighted by Crippen LogP contribution is -2.03. The molecule has 0 unspecified atom stereocenters. The van der Waals surface area contributed by atoms with Crippen molar-refractivity contribution in [2.75, 3.05) is 5.75 Å². The minimum atomic E-state index is -2.83. The van der Waals surface area contributed by atoms with Gasteiger partial charge in [0.25, 0.3) is 0 Å². The number of hydrogen-bond acceptors (Lipinski definition) is 3. The molecule has 0 N–H and O–H groups in total. The van der Waals surface area contributed by atoms with Crippen molar-refractivity contribution in [2.24, 2.45) is 5.92 Å². The van der Waals surface area contributed by atoms with E-state index in [1.54, 1.807) is 36.0 Å². The molecule has 142 valence electrons. The van der Waals surface area contributed by atoms with Gasteiger partial charge in [-0.1, -0.05) is 55.4 Å². The lowest BCUT2D eigenvalue weighted by molar-refractivity contribution is -0.0498. The third-order valence-corrected chi connectivity index (χ3v) is 5.32. The molecule has 6 heteroatoms. The van der Waals surface area contributed by atoms with E-state index in [2.05, 4.69) is 52.4 Å². The molecule has 3 rings (SSSR count). The van der Waals surface area contributed by atoms with Crippen LogP contribution in [-0.4, -0.2) is 21.9 Å². The summed E-state index contributed by atoms with van der Waals surface area (Å²) < 4.78 is 31.3. The van der Waals surface area contributed by atoms with Crippen molar-refractivity contribution in [3.05, 3.63) is 60.3 Å². The minimum absolute atomic E-state index is 0.141. The summed E-state index contributed by atoms with van der Waals surface area (Å²) >= 11 is 1.68. The number of thioether (sulfide) groups is 1. The van der Waals surface area contributed by atoms with Gasteiger partial charge in [-0.2, -0.15) is 8.78 Å². The zero-order valence-corrected chi connectivity index (χ0v) is 16.3. The van der Waals surface area contributed by atoms with Gasteiger partial charge in [-0.15, -0.1) is 0 Å². The highest BCUT2D eigenvalue weighted by Crippen LogP contribution is 2.31. The monoisotopic (exact) mass is 388 g/mol. The van der Waals surface area contributed by atoms with Crippen LogP contribution in [0.15, 0.2) is 59.9 Å². The lowest BCUT2D eigenvalue weighted by atomic mass is 10.1. The molecule has 0 aliphatic heterocycles. The fourth-order valence-corrected chi connectivity index (χ4v) is 3.57. The molecular weight excluding hydrogens is 366 g/mol. The number of nitrogens with zero attached hydrogens (tertiary/aromatic N) is 2. The van der Waals surface area contributed by atoms with E-state index in [4.69, 9.17) is 0 Å². The molecule has 0 saturated carbocycles. The van der Waals surface area contributed by atoms with Gasteiger partial charge in [0.2, 0.25) is 0 Å². The van der Waals surface area contributed by atoms with E-state index in [1.807, 2.05) is 13.1 Å². The molecule has 0 radical (unpaired) electrons. The van der Waals surface area contributed by atoms with Crippen LogP contribution in [0.4, 0.5) is 8.78 Å². The van der Waals surface area contributed by atoms with E-state index in [-0.39, 0.29) is 5.75 Å². The number of halogens is 2. The van der Waals surface area contributed by atoms with Crippen molar-refractivity contribution < 1.29 is 13.5 Å². The van der Waals surface area contributed by atoms with Crippen molar-refractivity contribution in [3.63, 3.8) is 0 Å². The van der Waals surface area contributed by atoms with Gasteiger partial charge in [-0.3, -0.25) is 4.57 Å². The Bertz CT molecular complexity index is 874. The predicted octanol–water partition coefficient (Wildman–Crippen LogP) is 6.20. The topological polar surface area (TPSA) is 27.1 Å². The van der Waals surface area contributed by atoms with Crippen molar-refractivity contribution in [1.82, 2.24) is 9.55 Å². The zero-order chi connectivity index (χ0) is 19.4. The summed E-state index contributed by atoms with van der Waals surface area (Å²) in [5.41, 5.74) is 4.06. The molecule has 1 heterocycles. The third-order valence-electron chi connectivity index (χ3n) is 3.94. The summed E-state index contributed by atoms with van der Waals surface area (Å²) in [7, 11) is 0. The van der Waals surface area contributed by atoms with Crippen molar-refractivity contribution in [2.45, 2.75) is 32.5 Å². The van der Waals surface area contributed by atoms with Gasteiger partial charge in [0.15, 0.2) is 5.16 Å². The summed E-state index contributed by atoms with van der Waals surface area (Å²) in [4.78, 5) is 4.61. The molecule has 3 aromatic rings. The van der Waals surface area contributed by atoms with E-state index in [1.165, 1.54) is 5.56 Å². The normalized spacial score (nSPS) is 11.4. The second kappa shape index (κ2) is 8.57. The maximum absolute atomic E-state index is 12.4. The molecule has 0 saturated heterocycles. The van der Waals surface area contributed by atoms with E-state index in [0.717, 1.165) is 27.9 Å². The molecule has 0 atom stereocenters. The standard InChI is InChI=1S/C21H22F2N2OS/c1-14(2)13-27-21-24-12-19(16-6-4-15(3)5-7-16)25(21)17-8-10-18(11-9-17)26-20(22)23/h4-12,14,20H,13H2,1-3H3. The maximum Gasteiger partial charge on any atom is 0.387 e. The highest BCUT2D eigenvalue weighted by Gasteiger charge is 2.15. The summed E-state index contributed by atoms with van der Waals surface area (Å²) in [6.07, 6.45) is 1.86. The van der Waals surface area contributed by atoms with E-state index >= 15 is 0 Å². The molecule has 0 bridgehead atoms. The first-order valence-corrected chi connectivity index (χ1v) is 9.75. The van der Waals surface area contributed by atoms with Crippen LogP contribution < -0.4 is 4.74 Å². The number of aryl methyl sites for hydroxylation is 1. The number of aromatic nitrogens is 2. The Morgan fingerprint density at radius 3 is 2.30 bits per heavy atom. The highest BCUT2D eigenvalue weighted by molar-refractivity contribution is 7.99. The van der Waals surface area contributed by atoms with Crippen molar-refractivity contribution >= 4 is 11.8 Å². The van der Waals surface area contributed by atoms with Crippen LogP contribution in [0, 0.1) is 12.8 Å². The van der Waals surface area contributed by atoms with Gasteiger partial charge in [0.1, 0.15) is 5.75 Å². The van der Waals surface area contributed by atoms with E-state index < -0.39 is 6.61 Å². The smallest absolute Gasteiger partial charge is 0.387 e. The summed E-state index contributed by atoms with van der Waals surface area (Å²) in [6, 6.07) is 14.9. The Morgan fingerprint density at radius 1 is 1.04 bits per heavy atom. The van der Waals surface area contributed by atoms with Gasteiger partial charge >= 0.3 is 6.61 Å². The molecule has 0 amide bonds. The van der Waals surface area contributed by atoms with Gasteiger partial charge in [0.05, 0.1) is 11.9 Å². The van der Waals surface area contributed by atoms with Crippen LogP contribution in [0.25, 0.3) is 16.9 Å². The molecule has 0 fully saturated rings. The van der Waals surface area contributed by atoms with Crippen LogP contribution in [0.5, 0.6) is 5.75 Å². The molecular formula is C21H22F2N2OS. The fourth-order valence-electron chi connectivity index (χ4n) is 2.63. The van der Waals surface area contributed by atoms with Crippen LogP contribution in [0.2, 0.25) is 0 Å². The summed E-state index contributed by atoms with van der Waals surface area (Å²) in [5.74, 6) is 1.61. The largest absolute Gasteiger partial charge is 0.435 e. The molecule has 27 heavy (non-hydrogen) atoms. The van der Waals surface area contributed by atoms with Gasteiger partial charge in [0, 0.05) is 17.0 Å². The summed E-state index contributed by atoms with van der Waals surface area (Å²) in [5, 5.41) is 0.877. The minimum Gasteiger partial charge on any atom is -0.435 e. The van der Waals surface area contributed by atoms with Crippen LogP contribution in [0.3, 0.4) is 0 Å². The molecule has 2 aromatic carbocycles. The number of rotatable bonds is 7. The lowest BCUT2D eigenvalue weighted by Gasteiger charge is -2.14. The second-order valence-electron chi connectivity index (χ2n) is 6.70. The van der Waals surface area contributed by atoms with E-state index in [9.17, 15) is 8.78 Å². The van der Waals surface area contributed by atoms with E-state index in [0.29, 0.717) is 5.92 Å². The first-order chi connectivity index (χ1) is 12.9. The predicted molar refractivity (Wildman–Crippen MR) is 106 cm³/mol. The quantitative estimate of drug-likeness (QED) is 0.451. The number of ether oxygens (including phenoxy) is 1. The third kappa shape index (κ3) is 4.89. The summed E-state index contributed by atoms with van der Waals surface area (Å²) in [6.45, 7) is 3.55. The average molecular weight is 388 g/mol. The van der Waals surface area contributed by atoms with Crippen LogP contribution in [-0.2, 0) is 0 Å². The molecule has 0 spiro atoms. The Kier molecular flexibility index (Phi) is 6.16. The zero-order valence-electron chi connectivity index (χ0n) is 15.5. The fraction of sp³-hybridized carbons (Fsp3) is 0.286. The first kappa shape index (κ1) is 19.4. The SMILES string of the molecule is Cc1ccc(-c2cnc(SCC(C)C)n2-c2ccc(OC(F)F)cc2)cc1. The second-order valence-corrected chi connectivity index (χ2v) is 7.69. The Balaban J connectivity index is 2.01. The van der Waals surface area contributed by atoms with Crippen LogP contribution >= 0.6 is 11.8 Å². The average Bonchev–Trinajstić information content (AvgIpc) is 3.04. The van der Waals surface area contributed by atoms with Crippen molar-refractivity contribution in [1.29, 1.82) is 0 Å². The number of alkyl halides is 2. The first-order valence-electron chi connectivity index (χ1n) is 8.77. The van der Waals surface area contributed by atoms with Crippen molar-refractivity contribution in [3.8, 4) is 22.7 Å². The molecule has 0 aliphatic carbocycles. The molecule has 3 nitrogen and oxygen atoms in total. The number of hydrogen-bond donors (Lipinski definition) is 0. The Labute approximate surface area is 162 Å². The van der Waals surface area contributed by atoms with Crippen LogP contribution in [0.1, 0.15) is 19.4 Å². The van der Waals surface area contributed by atoms with Gasteiger partial charge in [-0.05, 0) is 37.1 Å². The highest BCUT2D eigenvalue weighted by atomic mass is 32.2. The van der Waals surface area contributed by atoms with Gasteiger partial charge < -0.3 is 4.74 Å². The number of imidazole rings is 1. The molecule has 1 aromatic heterocycles.